The van der Waals surface area contributed by atoms with Gasteiger partial charge in [0, 0.05) is 29.0 Å². The van der Waals surface area contributed by atoms with Crippen LogP contribution in [0.25, 0.3) is 0 Å². The fraction of sp³-hybridized carbons (Fsp3) is 0.190. The summed E-state index contributed by atoms with van der Waals surface area (Å²) in [6.45, 7) is 1.86. The number of hydrogen-bond donors (Lipinski definition) is 2. The number of anilines is 2. The smallest absolute Gasteiger partial charge is 0.329 e. The van der Waals surface area contributed by atoms with E-state index in [9.17, 15) is 14.4 Å². The number of likely N-dealkylation sites (N-methyl/N-ethyl adjacent to an activating group) is 1. The molecule has 2 aromatic carbocycles. The lowest BCUT2D eigenvalue weighted by atomic mass is 9.99. The largest absolute Gasteiger partial charge is 0.366 e. The van der Waals surface area contributed by atoms with E-state index in [1.54, 1.807) is 60.6 Å². The molecule has 2 aliphatic rings. The van der Waals surface area contributed by atoms with Gasteiger partial charge in [-0.25, -0.2) is 9.69 Å². The molecule has 2 atom stereocenters. The lowest BCUT2D eigenvalue weighted by Gasteiger charge is -2.37. The fourth-order valence-electron chi connectivity index (χ4n) is 3.60. The van der Waals surface area contributed by atoms with Crippen molar-refractivity contribution in [2.45, 2.75) is 19.0 Å². The molecule has 0 radical (unpaired) electrons. The molecule has 0 spiro atoms. The van der Waals surface area contributed by atoms with E-state index in [1.165, 1.54) is 0 Å². The molecule has 2 aliphatic heterocycles. The summed E-state index contributed by atoms with van der Waals surface area (Å²) in [5, 5.41) is 6.58. The molecule has 2 N–H and O–H groups in total. The molecule has 0 aromatic heterocycles. The third-order valence-corrected chi connectivity index (χ3v) is 5.82. The number of hydrogen-bond acceptors (Lipinski definition) is 4. The Balaban J connectivity index is 1.57. The van der Waals surface area contributed by atoms with Crippen LogP contribution in [0.2, 0.25) is 10.0 Å². The van der Waals surface area contributed by atoms with Gasteiger partial charge in [0.25, 0.3) is 11.8 Å². The Hall–Kier alpha value is -3.03. The summed E-state index contributed by atoms with van der Waals surface area (Å²) in [5.74, 6) is -0.840. The standard InChI is InChI=1S/C21H18Cl2N4O3/c1-11-3-6-13(9-16(11)23)24-19(28)15-10-26(2)18-17(15)25-21(30)27(20(18)29)14-7-4-12(22)5-8-14/h3-10,17-18H,1-2H3,(H,24,28)(H,25,30). The van der Waals surface area contributed by atoms with Crippen molar-refractivity contribution in [1.29, 1.82) is 0 Å². The van der Waals surface area contributed by atoms with Crippen LogP contribution >= 0.6 is 23.2 Å². The fourth-order valence-corrected chi connectivity index (χ4v) is 3.90. The number of nitrogens with one attached hydrogen (secondary N) is 2. The molecule has 4 rings (SSSR count). The second kappa shape index (κ2) is 7.66. The Morgan fingerprint density at radius 3 is 2.47 bits per heavy atom. The van der Waals surface area contributed by atoms with Crippen molar-refractivity contribution in [3.8, 4) is 0 Å². The van der Waals surface area contributed by atoms with Gasteiger partial charge in [-0.05, 0) is 48.9 Å². The normalized spacial score (nSPS) is 20.6. The summed E-state index contributed by atoms with van der Waals surface area (Å²) in [6, 6.07) is 9.48. The van der Waals surface area contributed by atoms with Crippen molar-refractivity contribution >= 4 is 52.4 Å². The second-order valence-electron chi connectivity index (χ2n) is 7.19. The molecule has 2 heterocycles. The van der Waals surface area contributed by atoms with E-state index in [-0.39, 0.29) is 5.57 Å². The van der Waals surface area contributed by atoms with Crippen LogP contribution in [0.3, 0.4) is 0 Å². The van der Waals surface area contributed by atoms with Gasteiger partial charge in [0.05, 0.1) is 17.3 Å². The number of carbonyl (C=O) groups excluding carboxylic acids is 3. The quantitative estimate of drug-likeness (QED) is 0.757. The first kappa shape index (κ1) is 20.3. The predicted molar refractivity (Wildman–Crippen MR) is 116 cm³/mol. The monoisotopic (exact) mass is 444 g/mol. The molecule has 0 aliphatic carbocycles. The third kappa shape index (κ3) is 3.51. The summed E-state index contributed by atoms with van der Waals surface area (Å²) in [7, 11) is 1.69. The third-order valence-electron chi connectivity index (χ3n) is 5.16. The highest BCUT2D eigenvalue weighted by atomic mass is 35.5. The zero-order valence-corrected chi connectivity index (χ0v) is 17.7. The highest BCUT2D eigenvalue weighted by Gasteiger charge is 2.49. The maximum Gasteiger partial charge on any atom is 0.329 e. The minimum Gasteiger partial charge on any atom is -0.366 e. The van der Waals surface area contributed by atoms with Gasteiger partial charge >= 0.3 is 6.03 Å². The van der Waals surface area contributed by atoms with Crippen LogP contribution in [0.1, 0.15) is 5.56 Å². The Morgan fingerprint density at radius 2 is 1.80 bits per heavy atom. The van der Waals surface area contributed by atoms with E-state index in [4.69, 9.17) is 23.2 Å². The maximum atomic E-state index is 13.1. The minimum absolute atomic E-state index is 0.289. The maximum absolute atomic E-state index is 13.1. The van der Waals surface area contributed by atoms with Crippen molar-refractivity contribution < 1.29 is 14.4 Å². The van der Waals surface area contributed by atoms with Gasteiger partial charge in [-0.3, -0.25) is 9.59 Å². The van der Waals surface area contributed by atoms with Crippen molar-refractivity contribution in [3.63, 3.8) is 0 Å². The number of aryl methyl sites for hydroxylation is 1. The molecule has 0 saturated carbocycles. The minimum atomic E-state index is -0.764. The van der Waals surface area contributed by atoms with Crippen LogP contribution in [0, 0.1) is 6.92 Å². The lowest BCUT2D eigenvalue weighted by molar-refractivity contribution is -0.122. The SMILES string of the molecule is Cc1ccc(NC(=O)C2=CN(C)C3C(=O)N(c4ccc(Cl)cc4)C(=O)NC23)cc1Cl. The van der Waals surface area contributed by atoms with Crippen LogP contribution in [0.15, 0.2) is 54.2 Å². The Labute approximate surface area is 183 Å². The molecule has 9 heteroatoms. The zero-order chi connectivity index (χ0) is 21.6. The number of fused-ring (bicyclic) bond motifs is 1. The molecule has 30 heavy (non-hydrogen) atoms. The molecule has 1 fully saturated rings. The summed E-state index contributed by atoms with van der Waals surface area (Å²) in [6.07, 6.45) is 1.57. The first-order chi connectivity index (χ1) is 14.3. The van der Waals surface area contributed by atoms with Crippen LogP contribution in [-0.4, -0.2) is 41.9 Å². The van der Waals surface area contributed by atoms with Crippen LogP contribution in [0.4, 0.5) is 16.2 Å². The summed E-state index contributed by atoms with van der Waals surface area (Å²) >= 11 is 12.0. The molecule has 2 aromatic rings. The Bertz CT molecular complexity index is 1080. The highest BCUT2D eigenvalue weighted by molar-refractivity contribution is 6.32. The van der Waals surface area contributed by atoms with Crippen LogP contribution < -0.4 is 15.5 Å². The van der Waals surface area contributed by atoms with E-state index in [1.807, 2.05) is 6.92 Å². The van der Waals surface area contributed by atoms with Crippen molar-refractivity contribution in [3.05, 3.63) is 69.8 Å². The van der Waals surface area contributed by atoms with Gasteiger partial charge in [0.15, 0.2) is 0 Å². The molecular weight excluding hydrogens is 427 g/mol. The number of carbonyl (C=O) groups is 3. The van der Waals surface area contributed by atoms with E-state index < -0.39 is 29.9 Å². The van der Waals surface area contributed by atoms with Gasteiger partial charge < -0.3 is 15.5 Å². The molecule has 2 unspecified atom stereocenters. The molecule has 7 nitrogen and oxygen atoms in total. The van der Waals surface area contributed by atoms with E-state index in [0.717, 1.165) is 10.5 Å². The van der Waals surface area contributed by atoms with Crippen LogP contribution in [-0.2, 0) is 9.59 Å². The van der Waals surface area contributed by atoms with Crippen molar-refractivity contribution in [1.82, 2.24) is 10.2 Å². The molecule has 1 saturated heterocycles. The van der Waals surface area contributed by atoms with Gasteiger partial charge in [0.2, 0.25) is 0 Å². The number of imide groups is 1. The lowest BCUT2D eigenvalue weighted by Crippen LogP contribution is -2.65. The number of nitrogens with zero attached hydrogens (tertiary/aromatic N) is 2. The average Bonchev–Trinajstić information content (AvgIpc) is 3.02. The predicted octanol–water partition coefficient (Wildman–Crippen LogP) is 3.56. The van der Waals surface area contributed by atoms with Crippen molar-refractivity contribution in [2.75, 3.05) is 17.3 Å². The van der Waals surface area contributed by atoms with Crippen molar-refractivity contribution in [2.24, 2.45) is 0 Å². The molecule has 0 bridgehead atoms. The number of rotatable bonds is 3. The first-order valence-electron chi connectivity index (χ1n) is 9.17. The van der Waals surface area contributed by atoms with Gasteiger partial charge in [-0.2, -0.15) is 0 Å². The van der Waals surface area contributed by atoms with E-state index >= 15 is 0 Å². The van der Waals surface area contributed by atoms with E-state index in [2.05, 4.69) is 10.6 Å². The number of halogens is 2. The van der Waals surface area contributed by atoms with Gasteiger partial charge in [-0.15, -0.1) is 0 Å². The number of amides is 4. The molecular formula is C21H18Cl2N4O3. The number of urea groups is 1. The van der Waals surface area contributed by atoms with Gasteiger partial charge in [0.1, 0.15) is 6.04 Å². The topological polar surface area (TPSA) is 81.8 Å². The number of benzene rings is 2. The van der Waals surface area contributed by atoms with Gasteiger partial charge in [-0.1, -0.05) is 29.3 Å². The zero-order valence-electron chi connectivity index (χ0n) is 16.1. The summed E-state index contributed by atoms with van der Waals surface area (Å²) in [4.78, 5) is 41.4. The highest BCUT2D eigenvalue weighted by Crippen LogP contribution is 2.30. The Kier molecular flexibility index (Phi) is 5.17. The summed E-state index contributed by atoms with van der Waals surface area (Å²) < 4.78 is 0. The summed E-state index contributed by atoms with van der Waals surface area (Å²) in [5.41, 5.74) is 2.11. The molecule has 154 valence electrons. The average molecular weight is 445 g/mol. The first-order valence-corrected chi connectivity index (χ1v) is 9.93. The second-order valence-corrected chi connectivity index (χ2v) is 8.03. The molecule has 4 amide bonds. The Morgan fingerprint density at radius 1 is 1.10 bits per heavy atom. The van der Waals surface area contributed by atoms with Crippen LogP contribution in [0.5, 0.6) is 0 Å². The van der Waals surface area contributed by atoms with E-state index in [0.29, 0.717) is 21.4 Å².